The van der Waals surface area contributed by atoms with Crippen LogP contribution in [0.3, 0.4) is 0 Å². The normalized spacial score (nSPS) is 13.1. The van der Waals surface area contributed by atoms with Crippen LogP contribution in [0.5, 0.6) is 0 Å². The third-order valence-corrected chi connectivity index (χ3v) is 4.49. The second-order valence-corrected chi connectivity index (χ2v) is 6.87. The molecule has 2 amide bonds. The molecule has 0 radical (unpaired) electrons. The van der Waals surface area contributed by atoms with Gasteiger partial charge in [0.25, 0.3) is 0 Å². The Labute approximate surface area is 162 Å². The number of halogens is 1. The number of H-pyrrole nitrogens is 1. The Hall–Kier alpha value is -2.86. The van der Waals surface area contributed by atoms with Gasteiger partial charge in [-0.05, 0) is 36.8 Å². The molecule has 0 saturated carbocycles. The third-order valence-electron chi connectivity index (χ3n) is 4.23. The number of amides is 2. The highest BCUT2D eigenvalue weighted by Crippen LogP contribution is 2.21. The quantitative estimate of drug-likeness (QED) is 0.606. The van der Waals surface area contributed by atoms with Crippen molar-refractivity contribution in [2.75, 3.05) is 0 Å². The van der Waals surface area contributed by atoms with Gasteiger partial charge >= 0.3 is 0 Å². The number of fused-ring (bicyclic) bond motifs is 1. The molecule has 0 spiro atoms. The van der Waals surface area contributed by atoms with Crippen molar-refractivity contribution in [3.63, 3.8) is 0 Å². The van der Waals surface area contributed by atoms with Crippen LogP contribution in [0.15, 0.2) is 48.5 Å². The molecule has 27 heavy (non-hydrogen) atoms. The zero-order valence-electron chi connectivity index (χ0n) is 15.1. The molecule has 3 aromatic rings. The van der Waals surface area contributed by atoms with E-state index in [1.54, 1.807) is 24.3 Å². The molecule has 1 heterocycles. The molecule has 7 heteroatoms. The average Bonchev–Trinajstić information content (AvgIpc) is 3.05. The van der Waals surface area contributed by atoms with Gasteiger partial charge in [-0.1, -0.05) is 35.9 Å². The Morgan fingerprint density at radius 1 is 1.11 bits per heavy atom. The first-order chi connectivity index (χ1) is 12.9. The summed E-state index contributed by atoms with van der Waals surface area (Å²) in [5, 5.41) is 6.35. The molecule has 140 valence electrons. The second kappa shape index (κ2) is 8.22. The zero-order valence-corrected chi connectivity index (χ0v) is 15.9. The predicted octanol–water partition coefficient (Wildman–Crippen LogP) is 3.66. The number of nitrogens with zero attached hydrogens (tertiary/aromatic N) is 1. The van der Waals surface area contributed by atoms with Gasteiger partial charge in [-0.2, -0.15) is 0 Å². The average molecular weight is 385 g/mol. The smallest absolute Gasteiger partial charge is 0.222 e. The molecule has 2 unspecified atom stereocenters. The molecule has 2 atom stereocenters. The first kappa shape index (κ1) is 18.9. The molecule has 0 saturated heterocycles. The van der Waals surface area contributed by atoms with Crippen molar-refractivity contribution in [3.05, 3.63) is 64.9 Å². The van der Waals surface area contributed by atoms with Gasteiger partial charge < -0.3 is 15.6 Å². The van der Waals surface area contributed by atoms with Gasteiger partial charge in [-0.25, -0.2) is 4.98 Å². The summed E-state index contributed by atoms with van der Waals surface area (Å²) < 4.78 is 0. The van der Waals surface area contributed by atoms with Gasteiger partial charge in [0.1, 0.15) is 5.82 Å². The molecule has 0 aliphatic carbocycles. The number of aromatic amines is 1. The Kier molecular flexibility index (Phi) is 5.76. The molecule has 0 aliphatic rings. The molecule has 2 aromatic carbocycles. The van der Waals surface area contributed by atoms with Crippen LogP contribution in [0, 0.1) is 0 Å². The van der Waals surface area contributed by atoms with Crippen LogP contribution < -0.4 is 10.6 Å². The van der Waals surface area contributed by atoms with E-state index in [2.05, 4.69) is 20.6 Å². The fourth-order valence-corrected chi connectivity index (χ4v) is 3.05. The van der Waals surface area contributed by atoms with Gasteiger partial charge in [0.05, 0.1) is 29.5 Å². The number of rotatable bonds is 6. The molecular weight excluding hydrogens is 364 g/mol. The standard InChI is InChI=1S/C20H21ClN4O2/c1-12(20-24-16-5-3-4-6-17(16)25-20)22-19(27)11-18(23-13(2)26)14-7-9-15(21)10-8-14/h3-10,12,18H,11H2,1-2H3,(H,22,27)(H,23,26)(H,24,25). The van der Waals surface area contributed by atoms with Crippen molar-refractivity contribution in [3.8, 4) is 0 Å². The monoisotopic (exact) mass is 384 g/mol. The minimum atomic E-state index is -0.428. The van der Waals surface area contributed by atoms with Crippen molar-refractivity contribution in [2.45, 2.75) is 32.4 Å². The van der Waals surface area contributed by atoms with Crippen LogP contribution in [0.25, 0.3) is 11.0 Å². The maximum absolute atomic E-state index is 12.5. The molecule has 6 nitrogen and oxygen atoms in total. The molecular formula is C20H21ClN4O2. The first-order valence-corrected chi connectivity index (χ1v) is 9.06. The van der Waals surface area contributed by atoms with Crippen molar-refractivity contribution in [1.82, 2.24) is 20.6 Å². The molecule has 1 aromatic heterocycles. The van der Waals surface area contributed by atoms with Crippen LogP contribution in [-0.2, 0) is 9.59 Å². The van der Waals surface area contributed by atoms with Crippen LogP contribution in [-0.4, -0.2) is 21.8 Å². The number of nitrogens with one attached hydrogen (secondary N) is 3. The van der Waals surface area contributed by atoms with E-state index in [1.165, 1.54) is 6.92 Å². The van der Waals surface area contributed by atoms with Gasteiger partial charge in [0.2, 0.25) is 11.8 Å². The summed E-state index contributed by atoms with van der Waals surface area (Å²) in [6, 6.07) is 14.1. The molecule has 0 bridgehead atoms. The maximum atomic E-state index is 12.5. The summed E-state index contributed by atoms with van der Waals surface area (Å²) in [4.78, 5) is 31.8. The highest BCUT2D eigenvalue weighted by molar-refractivity contribution is 6.30. The van der Waals surface area contributed by atoms with Crippen molar-refractivity contribution >= 4 is 34.4 Å². The zero-order chi connectivity index (χ0) is 19.4. The highest BCUT2D eigenvalue weighted by atomic mass is 35.5. The molecule has 0 fully saturated rings. The first-order valence-electron chi connectivity index (χ1n) is 8.69. The summed E-state index contributed by atoms with van der Waals surface area (Å²) in [5.41, 5.74) is 2.60. The van der Waals surface area contributed by atoms with E-state index < -0.39 is 6.04 Å². The third kappa shape index (κ3) is 4.86. The summed E-state index contributed by atoms with van der Waals surface area (Å²) in [6.45, 7) is 3.29. The SMILES string of the molecule is CC(=O)NC(CC(=O)NC(C)c1nc2ccccc2[nH]1)c1ccc(Cl)cc1. The van der Waals surface area contributed by atoms with Crippen molar-refractivity contribution < 1.29 is 9.59 Å². The summed E-state index contributed by atoms with van der Waals surface area (Å²) in [6.07, 6.45) is 0.117. The number of aromatic nitrogens is 2. The minimum absolute atomic E-state index is 0.117. The second-order valence-electron chi connectivity index (χ2n) is 6.44. The summed E-state index contributed by atoms with van der Waals surface area (Å²) >= 11 is 5.92. The van der Waals surface area contributed by atoms with Crippen LogP contribution in [0.4, 0.5) is 0 Å². The summed E-state index contributed by atoms with van der Waals surface area (Å²) in [7, 11) is 0. The van der Waals surface area contributed by atoms with Gasteiger partial charge in [-0.15, -0.1) is 0 Å². The van der Waals surface area contributed by atoms with Crippen molar-refractivity contribution in [2.24, 2.45) is 0 Å². The number of imidazole rings is 1. The number of carbonyl (C=O) groups excluding carboxylic acids is 2. The Morgan fingerprint density at radius 3 is 2.48 bits per heavy atom. The Morgan fingerprint density at radius 2 is 1.81 bits per heavy atom. The largest absolute Gasteiger partial charge is 0.349 e. The minimum Gasteiger partial charge on any atom is -0.349 e. The van der Waals surface area contributed by atoms with Crippen LogP contribution in [0.1, 0.15) is 43.7 Å². The summed E-state index contributed by atoms with van der Waals surface area (Å²) in [5.74, 6) is 0.303. The predicted molar refractivity (Wildman–Crippen MR) is 105 cm³/mol. The number of para-hydroxylation sites is 2. The lowest BCUT2D eigenvalue weighted by molar-refractivity contribution is -0.123. The van der Waals surface area contributed by atoms with Gasteiger partial charge in [0, 0.05) is 11.9 Å². The van der Waals surface area contributed by atoms with E-state index in [-0.39, 0.29) is 24.3 Å². The van der Waals surface area contributed by atoms with E-state index in [9.17, 15) is 9.59 Å². The molecule has 3 rings (SSSR count). The van der Waals surface area contributed by atoms with Gasteiger partial charge in [-0.3, -0.25) is 9.59 Å². The number of hydrogen-bond acceptors (Lipinski definition) is 3. The number of benzene rings is 2. The van der Waals surface area contributed by atoms with E-state index in [4.69, 9.17) is 11.6 Å². The highest BCUT2D eigenvalue weighted by Gasteiger charge is 2.20. The fourth-order valence-electron chi connectivity index (χ4n) is 2.92. The van der Waals surface area contributed by atoms with Crippen LogP contribution in [0.2, 0.25) is 5.02 Å². The number of hydrogen-bond donors (Lipinski definition) is 3. The maximum Gasteiger partial charge on any atom is 0.222 e. The van der Waals surface area contributed by atoms with E-state index >= 15 is 0 Å². The Balaban J connectivity index is 1.69. The lowest BCUT2D eigenvalue weighted by atomic mass is 10.0. The van der Waals surface area contributed by atoms with E-state index in [0.717, 1.165) is 16.6 Å². The molecule has 0 aliphatic heterocycles. The number of carbonyl (C=O) groups is 2. The van der Waals surface area contributed by atoms with E-state index in [1.807, 2.05) is 31.2 Å². The van der Waals surface area contributed by atoms with Crippen LogP contribution >= 0.6 is 11.6 Å². The van der Waals surface area contributed by atoms with Crippen molar-refractivity contribution in [1.29, 1.82) is 0 Å². The van der Waals surface area contributed by atoms with E-state index in [0.29, 0.717) is 10.8 Å². The Bertz CT molecular complexity index is 919. The topological polar surface area (TPSA) is 86.9 Å². The lowest BCUT2D eigenvalue weighted by Crippen LogP contribution is -2.34. The fraction of sp³-hybridized carbons (Fsp3) is 0.250. The lowest BCUT2D eigenvalue weighted by Gasteiger charge is -2.19. The van der Waals surface area contributed by atoms with Gasteiger partial charge in [0.15, 0.2) is 0 Å². The molecule has 3 N–H and O–H groups in total.